The molecule has 3 rings (SSSR count). The Kier molecular flexibility index (Phi) is 6.49. The molecule has 5 nitrogen and oxygen atoms in total. The molecule has 0 aliphatic rings. The predicted molar refractivity (Wildman–Crippen MR) is 111 cm³/mol. The Morgan fingerprint density at radius 2 is 2.14 bits per heavy atom. The predicted octanol–water partition coefficient (Wildman–Crippen LogP) is 5.93. The van der Waals surface area contributed by atoms with Crippen molar-refractivity contribution in [3.05, 3.63) is 52.3 Å². The third-order valence-corrected chi connectivity index (χ3v) is 5.13. The molecule has 2 heterocycles. The van der Waals surface area contributed by atoms with Crippen molar-refractivity contribution in [3.63, 3.8) is 0 Å². The van der Waals surface area contributed by atoms with Crippen molar-refractivity contribution in [2.75, 3.05) is 17.2 Å². The van der Waals surface area contributed by atoms with E-state index in [0.29, 0.717) is 22.9 Å². The molecule has 0 bridgehead atoms. The summed E-state index contributed by atoms with van der Waals surface area (Å²) in [5.74, 6) is -0.580. The number of thiazole rings is 1. The third kappa shape index (κ3) is 5.10. The van der Waals surface area contributed by atoms with Crippen LogP contribution >= 0.6 is 22.9 Å². The lowest BCUT2D eigenvalue weighted by Crippen LogP contribution is -2.13. The summed E-state index contributed by atoms with van der Waals surface area (Å²) < 4.78 is 40.9. The van der Waals surface area contributed by atoms with Gasteiger partial charge in [-0.05, 0) is 30.7 Å². The van der Waals surface area contributed by atoms with E-state index in [0.717, 1.165) is 25.0 Å². The van der Waals surface area contributed by atoms with Crippen LogP contribution in [0.4, 0.5) is 24.5 Å². The highest BCUT2D eigenvalue weighted by molar-refractivity contribution is 7.15. The van der Waals surface area contributed by atoms with Crippen LogP contribution in [0.25, 0.3) is 11.0 Å². The molecule has 10 heteroatoms. The van der Waals surface area contributed by atoms with Gasteiger partial charge in [0, 0.05) is 24.2 Å². The fourth-order valence-corrected chi connectivity index (χ4v) is 3.64. The van der Waals surface area contributed by atoms with E-state index in [4.69, 9.17) is 11.6 Å². The van der Waals surface area contributed by atoms with Crippen molar-refractivity contribution >= 4 is 51.3 Å². The first-order chi connectivity index (χ1) is 13.8. The van der Waals surface area contributed by atoms with Crippen LogP contribution < -0.4 is 10.6 Å². The number of aromatic nitrogens is 2. The van der Waals surface area contributed by atoms with Gasteiger partial charge in [-0.2, -0.15) is 13.2 Å². The number of hydrogen-bond donors (Lipinski definition) is 2. The Morgan fingerprint density at radius 1 is 1.34 bits per heavy atom. The number of imidazole rings is 1. The molecule has 154 valence electrons. The number of carbonyl (C=O) groups excluding carboxylic acids is 1. The van der Waals surface area contributed by atoms with Gasteiger partial charge in [-0.3, -0.25) is 9.20 Å². The van der Waals surface area contributed by atoms with Crippen molar-refractivity contribution in [1.82, 2.24) is 9.38 Å². The first-order valence-corrected chi connectivity index (χ1v) is 10.1. The zero-order valence-electron chi connectivity index (χ0n) is 15.4. The molecule has 0 aliphatic carbocycles. The summed E-state index contributed by atoms with van der Waals surface area (Å²) in [4.78, 5) is 17.2. The van der Waals surface area contributed by atoms with E-state index in [1.807, 2.05) is 12.3 Å². The van der Waals surface area contributed by atoms with Crippen LogP contribution in [-0.4, -0.2) is 21.8 Å². The number of halogens is 4. The van der Waals surface area contributed by atoms with Crippen LogP contribution in [0, 0.1) is 0 Å². The highest BCUT2D eigenvalue weighted by atomic mass is 35.5. The van der Waals surface area contributed by atoms with E-state index >= 15 is 0 Å². The third-order valence-electron chi connectivity index (χ3n) is 4.10. The number of nitrogens with one attached hydrogen (secondary N) is 2. The highest BCUT2D eigenvalue weighted by Gasteiger charge is 2.31. The van der Waals surface area contributed by atoms with Crippen molar-refractivity contribution in [2.24, 2.45) is 0 Å². The lowest BCUT2D eigenvalue weighted by molar-refractivity contribution is -0.137. The molecule has 0 saturated heterocycles. The van der Waals surface area contributed by atoms with Gasteiger partial charge in [0.25, 0.3) is 0 Å². The number of amides is 1. The average molecular weight is 443 g/mol. The summed E-state index contributed by atoms with van der Waals surface area (Å²) in [5.41, 5.74) is 0.168. The second-order valence-corrected chi connectivity index (χ2v) is 7.44. The van der Waals surface area contributed by atoms with Crippen molar-refractivity contribution < 1.29 is 18.0 Å². The van der Waals surface area contributed by atoms with Crippen molar-refractivity contribution in [2.45, 2.75) is 25.9 Å². The minimum atomic E-state index is -4.51. The normalized spacial score (nSPS) is 12.0. The summed E-state index contributed by atoms with van der Waals surface area (Å²) in [6, 6.07) is 3.22. The zero-order chi connectivity index (χ0) is 21.0. The molecule has 3 aromatic rings. The van der Waals surface area contributed by atoms with E-state index in [1.165, 1.54) is 29.6 Å². The minimum absolute atomic E-state index is 0.0608. The molecule has 2 N–H and O–H groups in total. The number of unbranched alkanes of at least 4 members (excludes halogenated alkanes) is 1. The monoisotopic (exact) mass is 442 g/mol. The molecule has 0 fully saturated rings. The molecule has 1 amide bonds. The second kappa shape index (κ2) is 8.87. The smallest absolute Gasteiger partial charge is 0.383 e. The summed E-state index contributed by atoms with van der Waals surface area (Å²) >= 11 is 7.47. The number of hydrogen-bond acceptors (Lipinski definition) is 4. The zero-order valence-corrected chi connectivity index (χ0v) is 17.0. The molecule has 2 aromatic heterocycles. The molecule has 0 aliphatic heterocycles. The maximum Gasteiger partial charge on any atom is 0.416 e. The van der Waals surface area contributed by atoms with Gasteiger partial charge in [-0.15, -0.1) is 11.3 Å². The number of carbonyl (C=O) groups is 1. The molecule has 0 radical (unpaired) electrons. The molecule has 0 saturated carbocycles. The molecule has 0 unspecified atom stereocenters. The lowest BCUT2D eigenvalue weighted by atomic mass is 10.1. The fourth-order valence-electron chi connectivity index (χ4n) is 2.63. The SMILES string of the molecule is CCCCNc1ccc(C(F)(F)F)cc1NC(=O)/C=C/c1c(Cl)nc2sccn12. The highest BCUT2D eigenvalue weighted by Crippen LogP contribution is 2.34. The number of fused-ring (bicyclic) bond motifs is 1. The van der Waals surface area contributed by atoms with Gasteiger partial charge in [0.15, 0.2) is 10.1 Å². The van der Waals surface area contributed by atoms with Crippen LogP contribution in [0.15, 0.2) is 35.9 Å². The van der Waals surface area contributed by atoms with Crippen LogP contribution in [0.1, 0.15) is 31.0 Å². The van der Waals surface area contributed by atoms with Crippen molar-refractivity contribution in [3.8, 4) is 0 Å². The molecule has 0 spiro atoms. The number of anilines is 2. The van der Waals surface area contributed by atoms with Gasteiger partial charge in [0.2, 0.25) is 5.91 Å². The topological polar surface area (TPSA) is 58.4 Å². The van der Waals surface area contributed by atoms with Crippen LogP contribution in [0.3, 0.4) is 0 Å². The Hall–Kier alpha value is -2.52. The number of alkyl halides is 3. The first kappa shape index (κ1) is 21.2. The van der Waals surface area contributed by atoms with Gasteiger partial charge in [-0.1, -0.05) is 24.9 Å². The quantitative estimate of drug-likeness (QED) is 0.352. The Bertz CT molecular complexity index is 1040. The number of benzene rings is 1. The van der Waals surface area contributed by atoms with Crippen LogP contribution in [-0.2, 0) is 11.0 Å². The number of rotatable bonds is 7. The van der Waals surface area contributed by atoms with E-state index < -0.39 is 17.6 Å². The Labute approximate surface area is 174 Å². The van der Waals surface area contributed by atoms with E-state index in [-0.39, 0.29) is 10.8 Å². The molecule has 0 atom stereocenters. The maximum atomic E-state index is 13.1. The standard InChI is InChI=1S/C19H18ClF3N4OS/c1-2-3-8-24-13-5-4-12(19(21,22)23)11-14(13)25-16(28)7-6-15-17(20)26-18-27(15)9-10-29-18/h4-7,9-11,24H,2-3,8H2,1H3,(H,25,28)/b7-6+. The molecule has 1 aromatic carbocycles. The molecule has 29 heavy (non-hydrogen) atoms. The maximum absolute atomic E-state index is 13.1. The fraction of sp³-hybridized carbons (Fsp3) is 0.263. The molecular formula is C19H18ClF3N4OS. The Morgan fingerprint density at radius 3 is 2.86 bits per heavy atom. The van der Waals surface area contributed by atoms with E-state index in [9.17, 15) is 18.0 Å². The van der Waals surface area contributed by atoms with Gasteiger partial charge in [0.1, 0.15) is 0 Å². The summed E-state index contributed by atoms with van der Waals surface area (Å²) in [6.07, 6.45) is 1.73. The van der Waals surface area contributed by atoms with Gasteiger partial charge in [0.05, 0.1) is 22.6 Å². The largest absolute Gasteiger partial charge is 0.416 e. The lowest BCUT2D eigenvalue weighted by Gasteiger charge is -2.15. The van der Waals surface area contributed by atoms with Crippen molar-refractivity contribution in [1.29, 1.82) is 0 Å². The van der Waals surface area contributed by atoms with Crippen LogP contribution in [0.5, 0.6) is 0 Å². The van der Waals surface area contributed by atoms with E-state index in [2.05, 4.69) is 15.6 Å². The second-order valence-electron chi connectivity index (χ2n) is 6.20. The average Bonchev–Trinajstić information content (AvgIpc) is 3.21. The first-order valence-electron chi connectivity index (χ1n) is 8.85. The van der Waals surface area contributed by atoms with E-state index in [1.54, 1.807) is 10.6 Å². The van der Waals surface area contributed by atoms with Gasteiger partial charge >= 0.3 is 6.18 Å². The summed E-state index contributed by atoms with van der Waals surface area (Å²) in [5, 5.41) is 7.64. The van der Waals surface area contributed by atoms with Crippen LogP contribution in [0.2, 0.25) is 5.15 Å². The number of nitrogens with zero attached hydrogens (tertiary/aromatic N) is 2. The summed E-state index contributed by atoms with van der Waals surface area (Å²) in [7, 11) is 0. The molecular weight excluding hydrogens is 425 g/mol. The van der Waals surface area contributed by atoms with Gasteiger partial charge in [-0.25, -0.2) is 4.98 Å². The minimum Gasteiger partial charge on any atom is -0.383 e. The van der Waals surface area contributed by atoms with Gasteiger partial charge < -0.3 is 10.6 Å². The summed E-state index contributed by atoms with van der Waals surface area (Å²) in [6.45, 7) is 2.59. The Balaban J connectivity index is 1.81.